The number of likely N-dealkylation sites (tertiary alicyclic amines) is 1. The number of hydrogen-bond donors (Lipinski definition) is 0. The second-order valence-corrected chi connectivity index (χ2v) is 10.3. The maximum Gasteiger partial charge on any atom is 0.269 e. The van der Waals surface area contributed by atoms with E-state index in [9.17, 15) is 18.5 Å². The first-order valence-electron chi connectivity index (χ1n) is 9.63. The molecule has 8 heteroatoms. The molecule has 2 saturated heterocycles. The highest BCUT2D eigenvalue weighted by Gasteiger charge is 2.49. The Bertz CT molecular complexity index is 774. The summed E-state index contributed by atoms with van der Waals surface area (Å²) in [6, 6.07) is 5.20. The Balaban J connectivity index is 1.80. The molecule has 2 fully saturated rings. The summed E-state index contributed by atoms with van der Waals surface area (Å²) < 4.78 is 27.8. The van der Waals surface area contributed by atoms with E-state index in [-0.39, 0.29) is 27.8 Å². The smallest absolute Gasteiger partial charge is 0.269 e. The number of hydrogen-bond acceptors (Lipinski definition) is 5. The lowest BCUT2D eigenvalue weighted by atomic mass is 9.64. The Morgan fingerprint density at radius 2 is 1.67 bits per heavy atom. The van der Waals surface area contributed by atoms with E-state index in [1.54, 1.807) is 4.31 Å². The highest BCUT2D eigenvalue weighted by Crippen LogP contribution is 2.45. The predicted molar refractivity (Wildman–Crippen MR) is 104 cm³/mol. The van der Waals surface area contributed by atoms with E-state index in [2.05, 4.69) is 25.7 Å². The zero-order chi connectivity index (χ0) is 19.8. The molecule has 0 N–H and O–H groups in total. The van der Waals surface area contributed by atoms with Gasteiger partial charge in [0.2, 0.25) is 10.0 Å². The van der Waals surface area contributed by atoms with Gasteiger partial charge in [0.25, 0.3) is 5.69 Å². The maximum atomic E-state index is 13.1. The van der Waals surface area contributed by atoms with Gasteiger partial charge in [0.1, 0.15) is 0 Å². The first kappa shape index (κ1) is 20.2. The molecule has 1 aromatic carbocycles. The molecule has 0 aromatic heterocycles. The number of nitro groups is 1. The zero-order valence-electron chi connectivity index (χ0n) is 16.3. The summed E-state index contributed by atoms with van der Waals surface area (Å²) in [5.74, 6) is 0.573. The minimum atomic E-state index is -3.64. The highest BCUT2D eigenvalue weighted by molar-refractivity contribution is 7.89. The van der Waals surface area contributed by atoms with Crippen LogP contribution in [0.25, 0.3) is 0 Å². The third-order valence-corrected chi connectivity index (χ3v) is 8.27. The molecular weight excluding hydrogens is 366 g/mol. The molecule has 0 saturated carbocycles. The topological polar surface area (TPSA) is 83.8 Å². The molecule has 150 valence electrons. The number of unbranched alkanes of at least 4 members (excludes halogenated alkanes) is 1. The van der Waals surface area contributed by atoms with Gasteiger partial charge in [-0.3, -0.25) is 10.1 Å². The molecule has 0 radical (unpaired) electrons. The van der Waals surface area contributed by atoms with Crippen LogP contribution in [0.15, 0.2) is 29.2 Å². The quantitative estimate of drug-likeness (QED) is 0.546. The molecule has 3 rings (SSSR count). The van der Waals surface area contributed by atoms with Crippen LogP contribution in [0.3, 0.4) is 0 Å². The molecular formula is C19H29N3O4S. The van der Waals surface area contributed by atoms with Crippen molar-refractivity contribution in [3.8, 4) is 0 Å². The van der Waals surface area contributed by atoms with Crippen LogP contribution in [0.1, 0.15) is 33.6 Å². The molecule has 0 spiro atoms. The van der Waals surface area contributed by atoms with Crippen LogP contribution in [-0.4, -0.2) is 55.3 Å². The summed E-state index contributed by atoms with van der Waals surface area (Å²) in [6.07, 6.45) is 2.33. The van der Waals surface area contributed by atoms with Crippen molar-refractivity contribution in [3.05, 3.63) is 34.4 Å². The van der Waals surface area contributed by atoms with E-state index in [0.29, 0.717) is 13.1 Å². The van der Waals surface area contributed by atoms with Gasteiger partial charge in [0.15, 0.2) is 0 Å². The number of sulfonamides is 1. The number of benzene rings is 1. The zero-order valence-corrected chi connectivity index (χ0v) is 17.1. The summed E-state index contributed by atoms with van der Waals surface area (Å²) in [7, 11) is -3.64. The molecule has 2 bridgehead atoms. The van der Waals surface area contributed by atoms with Crippen molar-refractivity contribution in [3.63, 3.8) is 0 Å². The van der Waals surface area contributed by atoms with Crippen molar-refractivity contribution < 1.29 is 13.3 Å². The first-order chi connectivity index (χ1) is 12.7. The van der Waals surface area contributed by atoms with Crippen LogP contribution in [0.5, 0.6) is 0 Å². The standard InChI is InChI=1S/C19H29N3O4S/c1-4-5-10-20-11-15-13-21(14-16(12-20)19(15,2)3)27(25,26)18-8-6-17(7-9-18)22(23)24/h6-9,15-16H,4-5,10-14H2,1-3H3. The lowest BCUT2D eigenvalue weighted by molar-refractivity contribution is -0.384. The summed E-state index contributed by atoms with van der Waals surface area (Å²) in [4.78, 5) is 12.9. The van der Waals surface area contributed by atoms with Crippen LogP contribution >= 0.6 is 0 Å². The molecule has 2 aliphatic heterocycles. The monoisotopic (exact) mass is 395 g/mol. The summed E-state index contributed by atoms with van der Waals surface area (Å²) in [5, 5.41) is 10.8. The molecule has 0 aliphatic carbocycles. The third-order valence-electron chi connectivity index (χ3n) is 6.42. The summed E-state index contributed by atoms with van der Waals surface area (Å²) in [5.41, 5.74) is 0.0154. The molecule has 2 heterocycles. The molecule has 7 nitrogen and oxygen atoms in total. The number of fused-ring (bicyclic) bond motifs is 2. The SMILES string of the molecule is CCCCN1CC2CN(S(=O)(=O)c3ccc([N+](=O)[O-])cc3)CC(C1)C2(C)C. The maximum absolute atomic E-state index is 13.1. The van der Waals surface area contributed by atoms with Crippen molar-refractivity contribution in [1.82, 2.24) is 9.21 Å². The largest absolute Gasteiger partial charge is 0.303 e. The Kier molecular flexibility index (Phi) is 5.61. The minimum Gasteiger partial charge on any atom is -0.303 e. The Morgan fingerprint density at radius 3 is 2.15 bits per heavy atom. The predicted octanol–water partition coefficient (Wildman–Crippen LogP) is 2.97. The number of piperidine rings is 2. The number of nitro benzene ring substituents is 1. The van der Waals surface area contributed by atoms with Gasteiger partial charge in [-0.15, -0.1) is 0 Å². The van der Waals surface area contributed by atoms with E-state index >= 15 is 0 Å². The van der Waals surface area contributed by atoms with Crippen LogP contribution in [0, 0.1) is 27.4 Å². The fourth-order valence-electron chi connectivity index (χ4n) is 4.30. The van der Waals surface area contributed by atoms with E-state index in [1.807, 2.05) is 0 Å². The van der Waals surface area contributed by atoms with Gasteiger partial charge in [-0.1, -0.05) is 27.2 Å². The normalized spacial score (nSPS) is 26.0. The van der Waals surface area contributed by atoms with Gasteiger partial charge in [-0.05, 0) is 42.3 Å². The Labute approximate surface area is 161 Å². The van der Waals surface area contributed by atoms with Crippen LogP contribution in [-0.2, 0) is 10.0 Å². The fraction of sp³-hybridized carbons (Fsp3) is 0.684. The van der Waals surface area contributed by atoms with E-state index in [4.69, 9.17) is 0 Å². The second kappa shape index (κ2) is 7.48. The average Bonchev–Trinajstić information content (AvgIpc) is 2.59. The van der Waals surface area contributed by atoms with Gasteiger partial charge in [0.05, 0.1) is 9.82 Å². The van der Waals surface area contributed by atoms with Crippen molar-refractivity contribution in [2.75, 3.05) is 32.7 Å². The lowest BCUT2D eigenvalue weighted by Gasteiger charge is -2.55. The fourth-order valence-corrected chi connectivity index (χ4v) is 5.83. The second-order valence-electron chi connectivity index (χ2n) is 8.40. The van der Waals surface area contributed by atoms with E-state index in [0.717, 1.165) is 26.1 Å². The molecule has 2 atom stereocenters. The van der Waals surface area contributed by atoms with E-state index in [1.165, 1.54) is 30.7 Å². The van der Waals surface area contributed by atoms with Crippen molar-refractivity contribution in [2.24, 2.45) is 17.3 Å². The minimum absolute atomic E-state index is 0.0998. The average molecular weight is 396 g/mol. The van der Waals surface area contributed by atoms with Gasteiger partial charge < -0.3 is 4.90 Å². The Hall–Kier alpha value is -1.51. The van der Waals surface area contributed by atoms with Crippen LogP contribution < -0.4 is 0 Å². The van der Waals surface area contributed by atoms with Gasteiger partial charge >= 0.3 is 0 Å². The Morgan fingerprint density at radius 1 is 1.11 bits per heavy atom. The molecule has 0 amide bonds. The third kappa shape index (κ3) is 3.88. The van der Waals surface area contributed by atoms with Crippen molar-refractivity contribution in [1.29, 1.82) is 0 Å². The highest BCUT2D eigenvalue weighted by atomic mass is 32.2. The number of rotatable bonds is 6. The van der Waals surface area contributed by atoms with Crippen LogP contribution in [0.4, 0.5) is 5.69 Å². The lowest BCUT2D eigenvalue weighted by Crippen LogP contribution is -2.62. The van der Waals surface area contributed by atoms with Gasteiger partial charge in [0, 0.05) is 38.3 Å². The summed E-state index contributed by atoms with van der Waals surface area (Å²) >= 11 is 0. The van der Waals surface area contributed by atoms with Crippen molar-refractivity contribution in [2.45, 2.75) is 38.5 Å². The van der Waals surface area contributed by atoms with Crippen LogP contribution in [0.2, 0.25) is 0 Å². The molecule has 2 unspecified atom stereocenters. The summed E-state index contributed by atoms with van der Waals surface area (Å²) in [6.45, 7) is 10.6. The van der Waals surface area contributed by atoms with Crippen molar-refractivity contribution >= 4 is 15.7 Å². The number of nitrogens with zero attached hydrogens (tertiary/aromatic N) is 3. The molecule has 27 heavy (non-hydrogen) atoms. The first-order valence-corrected chi connectivity index (χ1v) is 11.1. The van der Waals surface area contributed by atoms with Gasteiger partial charge in [-0.2, -0.15) is 4.31 Å². The van der Waals surface area contributed by atoms with E-state index < -0.39 is 14.9 Å². The number of non-ortho nitro benzene ring substituents is 1. The van der Waals surface area contributed by atoms with Gasteiger partial charge in [-0.25, -0.2) is 8.42 Å². The molecule has 2 aliphatic rings. The molecule has 1 aromatic rings.